The molecule has 0 radical (unpaired) electrons. The van der Waals surface area contributed by atoms with E-state index in [-0.39, 0.29) is 5.56 Å². The fraction of sp³-hybridized carbons (Fsp3) is 0.333. The van der Waals surface area contributed by atoms with E-state index in [2.05, 4.69) is 0 Å². The Hall–Kier alpha value is -1.87. The molecule has 0 amide bonds. The predicted molar refractivity (Wildman–Crippen MR) is 82.3 cm³/mol. The van der Waals surface area contributed by atoms with E-state index in [4.69, 9.17) is 4.74 Å². The first-order valence-corrected chi connectivity index (χ1v) is 6.92. The molecule has 0 aliphatic carbocycles. The van der Waals surface area contributed by atoms with Gasteiger partial charge < -0.3 is 9.84 Å². The SMILES string of the molecule is COc1cccc(F)c1C(C)(O)c1cc(C)c(C)cc1C. The number of aryl methyl sites for hydroxylation is 3. The van der Waals surface area contributed by atoms with Crippen LogP contribution in [0.25, 0.3) is 0 Å². The summed E-state index contributed by atoms with van der Waals surface area (Å²) in [4.78, 5) is 0. The first-order chi connectivity index (χ1) is 9.78. The normalized spacial score (nSPS) is 13.9. The van der Waals surface area contributed by atoms with Crippen molar-refractivity contribution >= 4 is 0 Å². The van der Waals surface area contributed by atoms with Gasteiger partial charge in [0, 0.05) is 0 Å². The van der Waals surface area contributed by atoms with Crippen molar-refractivity contribution in [2.45, 2.75) is 33.3 Å². The Balaban J connectivity index is 2.71. The summed E-state index contributed by atoms with van der Waals surface area (Å²) in [7, 11) is 1.47. The minimum Gasteiger partial charge on any atom is -0.496 e. The first-order valence-electron chi connectivity index (χ1n) is 6.92. The number of benzene rings is 2. The van der Waals surface area contributed by atoms with Crippen LogP contribution >= 0.6 is 0 Å². The number of hydrogen-bond acceptors (Lipinski definition) is 2. The maximum Gasteiger partial charge on any atom is 0.133 e. The van der Waals surface area contributed by atoms with Crippen LogP contribution in [0.2, 0.25) is 0 Å². The highest BCUT2D eigenvalue weighted by atomic mass is 19.1. The molecule has 2 aromatic rings. The van der Waals surface area contributed by atoms with Crippen molar-refractivity contribution in [2.75, 3.05) is 7.11 Å². The molecule has 3 heteroatoms. The molecule has 1 unspecified atom stereocenters. The van der Waals surface area contributed by atoms with Crippen LogP contribution in [0.1, 0.15) is 34.7 Å². The van der Waals surface area contributed by atoms with E-state index >= 15 is 0 Å². The standard InChI is InChI=1S/C18H21FO2/c1-11-9-13(3)14(10-12(11)2)18(4,20)17-15(19)7-6-8-16(17)21-5/h6-10,20H,1-5H3. The Morgan fingerprint density at radius 3 is 2.29 bits per heavy atom. The summed E-state index contributed by atoms with van der Waals surface area (Å²) >= 11 is 0. The summed E-state index contributed by atoms with van der Waals surface area (Å²) < 4.78 is 19.5. The average Bonchev–Trinajstić information content (AvgIpc) is 2.41. The molecular weight excluding hydrogens is 267 g/mol. The van der Waals surface area contributed by atoms with Crippen molar-refractivity contribution in [1.82, 2.24) is 0 Å². The van der Waals surface area contributed by atoms with Crippen LogP contribution < -0.4 is 4.74 Å². The molecule has 0 heterocycles. The second kappa shape index (κ2) is 5.49. The predicted octanol–water partition coefficient (Wildman–Crippen LogP) is 4.02. The monoisotopic (exact) mass is 288 g/mol. The Morgan fingerprint density at radius 2 is 1.67 bits per heavy atom. The Kier molecular flexibility index (Phi) is 4.06. The third kappa shape index (κ3) is 2.66. The summed E-state index contributed by atoms with van der Waals surface area (Å²) in [6.45, 7) is 7.52. The summed E-state index contributed by atoms with van der Waals surface area (Å²) in [5, 5.41) is 11.0. The van der Waals surface area contributed by atoms with Gasteiger partial charge in [0.15, 0.2) is 0 Å². The van der Waals surface area contributed by atoms with Gasteiger partial charge in [-0.05, 0) is 62.1 Å². The van der Waals surface area contributed by atoms with Gasteiger partial charge in [-0.3, -0.25) is 0 Å². The molecule has 21 heavy (non-hydrogen) atoms. The van der Waals surface area contributed by atoms with Gasteiger partial charge in [0.25, 0.3) is 0 Å². The molecule has 112 valence electrons. The topological polar surface area (TPSA) is 29.5 Å². The zero-order valence-corrected chi connectivity index (χ0v) is 13.1. The van der Waals surface area contributed by atoms with Gasteiger partial charge >= 0.3 is 0 Å². The number of ether oxygens (including phenoxy) is 1. The lowest BCUT2D eigenvalue weighted by Gasteiger charge is -2.29. The molecule has 0 aliphatic heterocycles. The van der Waals surface area contributed by atoms with Crippen molar-refractivity contribution in [2.24, 2.45) is 0 Å². The van der Waals surface area contributed by atoms with Gasteiger partial charge in [-0.2, -0.15) is 0 Å². The quantitative estimate of drug-likeness (QED) is 0.924. The van der Waals surface area contributed by atoms with E-state index in [0.717, 1.165) is 16.7 Å². The molecule has 2 rings (SSSR count). The van der Waals surface area contributed by atoms with Crippen LogP contribution in [0.15, 0.2) is 30.3 Å². The average molecular weight is 288 g/mol. The molecule has 0 aliphatic rings. The summed E-state index contributed by atoms with van der Waals surface area (Å²) in [5.41, 5.74) is 2.53. The number of methoxy groups -OCH3 is 1. The fourth-order valence-electron chi connectivity index (χ4n) is 2.77. The van der Waals surface area contributed by atoms with Gasteiger partial charge in [-0.1, -0.05) is 18.2 Å². The van der Waals surface area contributed by atoms with E-state index in [9.17, 15) is 9.50 Å². The van der Waals surface area contributed by atoms with Crippen LogP contribution in [0.4, 0.5) is 4.39 Å². The zero-order valence-electron chi connectivity index (χ0n) is 13.1. The second-order valence-electron chi connectivity index (χ2n) is 5.64. The van der Waals surface area contributed by atoms with Crippen molar-refractivity contribution in [3.8, 4) is 5.75 Å². The van der Waals surface area contributed by atoms with Gasteiger partial charge in [-0.15, -0.1) is 0 Å². The molecule has 1 atom stereocenters. The number of hydrogen-bond donors (Lipinski definition) is 1. The van der Waals surface area contributed by atoms with Crippen molar-refractivity contribution < 1.29 is 14.2 Å². The number of rotatable bonds is 3. The third-order valence-corrected chi connectivity index (χ3v) is 4.05. The molecule has 0 bridgehead atoms. The highest BCUT2D eigenvalue weighted by Crippen LogP contribution is 2.39. The van der Waals surface area contributed by atoms with Crippen LogP contribution in [0.5, 0.6) is 5.75 Å². The smallest absolute Gasteiger partial charge is 0.133 e. The lowest BCUT2D eigenvalue weighted by Crippen LogP contribution is -2.26. The van der Waals surface area contributed by atoms with Crippen LogP contribution in [-0.2, 0) is 5.60 Å². The lowest BCUT2D eigenvalue weighted by molar-refractivity contribution is 0.0937. The van der Waals surface area contributed by atoms with Crippen molar-refractivity contribution in [3.63, 3.8) is 0 Å². The molecule has 0 spiro atoms. The third-order valence-electron chi connectivity index (χ3n) is 4.05. The zero-order chi connectivity index (χ0) is 15.8. The largest absolute Gasteiger partial charge is 0.496 e. The number of halogens is 1. The maximum atomic E-state index is 14.3. The Labute approximate surface area is 125 Å². The van der Waals surface area contributed by atoms with E-state index in [1.807, 2.05) is 32.9 Å². The van der Waals surface area contributed by atoms with Gasteiger partial charge in [0.05, 0.1) is 12.7 Å². The number of aliphatic hydroxyl groups is 1. The van der Waals surface area contributed by atoms with Gasteiger partial charge in [-0.25, -0.2) is 4.39 Å². The Bertz CT molecular complexity index is 675. The lowest BCUT2D eigenvalue weighted by atomic mass is 9.83. The molecule has 0 saturated carbocycles. The Morgan fingerprint density at radius 1 is 1.05 bits per heavy atom. The minimum atomic E-state index is -1.46. The van der Waals surface area contributed by atoms with E-state index in [1.54, 1.807) is 19.1 Å². The first kappa shape index (κ1) is 15.5. The van der Waals surface area contributed by atoms with E-state index < -0.39 is 11.4 Å². The maximum absolute atomic E-state index is 14.3. The van der Waals surface area contributed by atoms with Crippen molar-refractivity contribution in [1.29, 1.82) is 0 Å². The van der Waals surface area contributed by atoms with Crippen LogP contribution in [-0.4, -0.2) is 12.2 Å². The van der Waals surface area contributed by atoms with Crippen LogP contribution in [0.3, 0.4) is 0 Å². The molecular formula is C18H21FO2. The van der Waals surface area contributed by atoms with Crippen LogP contribution in [0, 0.1) is 26.6 Å². The van der Waals surface area contributed by atoms with Gasteiger partial charge in [0.2, 0.25) is 0 Å². The minimum absolute atomic E-state index is 0.166. The molecule has 1 N–H and O–H groups in total. The molecule has 0 aromatic heterocycles. The highest BCUT2D eigenvalue weighted by Gasteiger charge is 2.33. The second-order valence-corrected chi connectivity index (χ2v) is 5.64. The fourth-order valence-corrected chi connectivity index (χ4v) is 2.77. The molecule has 2 aromatic carbocycles. The van der Waals surface area contributed by atoms with E-state index in [1.165, 1.54) is 13.2 Å². The van der Waals surface area contributed by atoms with E-state index in [0.29, 0.717) is 11.3 Å². The summed E-state index contributed by atoms with van der Waals surface area (Å²) in [6.07, 6.45) is 0. The van der Waals surface area contributed by atoms with Gasteiger partial charge in [0.1, 0.15) is 17.2 Å². The molecule has 0 saturated heterocycles. The molecule has 0 fully saturated rings. The van der Waals surface area contributed by atoms with Crippen molar-refractivity contribution in [3.05, 3.63) is 64.0 Å². The summed E-state index contributed by atoms with van der Waals surface area (Å²) in [5.74, 6) is -0.130. The molecule has 2 nitrogen and oxygen atoms in total. The summed E-state index contributed by atoms with van der Waals surface area (Å²) in [6, 6.07) is 8.48. The highest BCUT2D eigenvalue weighted by molar-refractivity contribution is 5.49.